The van der Waals surface area contributed by atoms with Crippen molar-refractivity contribution in [1.82, 2.24) is 10.2 Å². The molecule has 0 radical (unpaired) electrons. The van der Waals surface area contributed by atoms with Crippen molar-refractivity contribution in [3.05, 3.63) is 0 Å². The number of methoxy groups -OCH3 is 1. The number of hydrogen-bond donors (Lipinski definition) is 2. The number of rotatable bonds is 6. The molecule has 0 amide bonds. The van der Waals surface area contributed by atoms with Crippen molar-refractivity contribution in [3.8, 4) is 0 Å². The molecule has 0 aliphatic heterocycles. The monoisotopic (exact) mass is 229 g/mol. The zero-order valence-corrected chi connectivity index (χ0v) is 11.0. The molecule has 0 heterocycles. The van der Waals surface area contributed by atoms with Crippen molar-refractivity contribution in [2.45, 2.75) is 37.3 Å². The number of ether oxygens (including phenoxy) is 1. The van der Waals surface area contributed by atoms with Crippen LogP contribution in [-0.4, -0.2) is 57.4 Å². The average Bonchev–Trinajstić information content (AvgIpc) is 2.29. The summed E-state index contributed by atoms with van der Waals surface area (Å²) in [5.74, 6) is 0. The van der Waals surface area contributed by atoms with Gasteiger partial charge < -0.3 is 20.7 Å². The summed E-state index contributed by atoms with van der Waals surface area (Å²) in [6.07, 6.45) is 4.99. The first-order valence-corrected chi connectivity index (χ1v) is 6.24. The highest BCUT2D eigenvalue weighted by molar-refractivity contribution is 4.95. The summed E-state index contributed by atoms with van der Waals surface area (Å²) in [6.45, 7) is 2.76. The summed E-state index contributed by atoms with van der Waals surface area (Å²) >= 11 is 0. The molecule has 1 aliphatic carbocycles. The molecule has 0 aromatic heterocycles. The van der Waals surface area contributed by atoms with Crippen LogP contribution >= 0.6 is 0 Å². The summed E-state index contributed by atoms with van der Waals surface area (Å²) in [5, 5.41) is 3.63. The minimum atomic E-state index is 0.106. The van der Waals surface area contributed by atoms with Gasteiger partial charge in [-0.15, -0.1) is 0 Å². The molecule has 1 aliphatic rings. The molecule has 96 valence electrons. The fraction of sp³-hybridized carbons (Fsp3) is 1.00. The molecule has 0 aromatic carbocycles. The first-order chi connectivity index (χ1) is 7.62. The second-order valence-corrected chi connectivity index (χ2v) is 5.17. The van der Waals surface area contributed by atoms with Gasteiger partial charge in [0.1, 0.15) is 0 Å². The third kappa shape index (κ3) is 4.01. The largest absolute Gasteiger partial charge is 0.381 e. The Kier molecular flexibility index (Phi) is 5.69. The quantitative estimate of drug-likeness (QED) is 0.693. The van der Waals surface area contributed by atoms with Gasteiger partial charge in [-0.05, 0) is 39.8 Å². The molecule has 0 saturated heterocycles. The molecule has 16 heavy (non-hydrogen) atoms. The van der Waals surface area contributed by atoms with E-state index >= 15 is 0 Å². The molecule has 1 rings (SSSR count). The van der Waals surface area contributed by atoms with Crippen LogP contribution < -0.4 is 11.1 Å². The van der Waals surface area contributed by atoms with Gasteiger partial charge >= 0.3 is 0 Å². The Morgan fingerprint density at radius 2 is 2.25 bits per heavy atom. The Morgan fingerprint density at radius 1 is 1.50 bits per heavy atom. The lowest BCUT2D eigenvalue weighted by atomic mass is 9.80. The first kappa shape index (κ1) is 13.9. The molecule has 4 nitrogen and oxygen atoms in total. The number of nitrogens with one attached hydrogen (secondary N) is 1. The Balaban J connectivity index is 2.42. The van der Waals surface area contributed by atoms with Crippen LogP contribution in [0.15, 0.2) is 0 Å². The second kappa shape index (κ2) is 6.55. The van der Waals surface area contributed by atoms with Gasteiger partial charge in [-0.1, -0.05) is 0 Å². The summed E-state index contributed by atoms with van der Waals surface area (Å²) in [6, 6.07) is 0. The normalized spacial score (nSPS) is 30.9. The standard InChI is InChI=1S/C12H27N3O/c1-15(2)8-7-14-12(10-13)6-4-5-11(9-12)16-3/h11,14H,4-10,13H2,1-3H3. The van der Waals surface area contributed by atoms with Crippen LogP contribution in [0.3, 0.4) is 0 Å². The number of nitrogens with two attached hydrogens (primary N) is 1. The van der Waals surface area contributed by atoms with E-state index in [9.17, 15) is 0 Å². The van der Waals surface area contributed by atoms with Crippen molar-refractivity contribution in [2.75, 3.05) is 40.8 Å². The van der Waals surface area contributed by atoms with Gasteiger partial charge in [-0.2, -0.15) is 0 Å². The Morgan fingerprint density at radius 3 is 2.81 bits per heavy atom. The molecule has 2 atom stereocenters. The maximum atomic E-state index is 5.94. The molecule has 0 aromatic rings. The van der Waals surface area contributed by atoms with Gasteiger partial charge in [0.25, 0.3) is 0 Å². The van der Waals surface area contributed by atoms with Crippen molar-refractivity contribution in [3.63, 3.8) is 0 Å². The summed E-state index contributed by atoms with van der Waals surface area (Å²) in [5.41, 5.74) is 6.05. The molecule has 0 bridgehead atoms. The SMILES string of the molecule is COC1CCCC(CN)(NCCN(C)C)C1. The lowest BCUT2D eigenvalue weighted by Gasteiger charge is -2.40. The fourth-order valence-electron chi connectivity index (χ4n) is 2.47. The predicted octanol–water partition coefficient (Wildman–Crippen LogP) is 0.424. The van der Waals surface area contributed by atoms with E-state index in [0.29, 0.717) is 12.6 Å². The van der Waals surface area contributed by atoms with Gasteiger partial charge in [0.15, 0.2) is 0 Å². The highest BCUT2D eigenvalue weighted by Gasteiger charge is 2.34. The minimum absolute atomic E-state index is 0.106. The lowest BCUT2D eigenvalue weighted by Crippen LogP contribution is -2.56. The number of nitrogens with zero attached hydrogens (tertiary/aromatic N) is 1. The molecule has 3 N–H and O–H groups in total. The van der Waals surface area contributed by atoms with E-state index in [1.807, 2.05) is 0 Å². The number of hydrogen-bond acceptors (Lipinski definition) is 4. The van der Waals surface area contributed by atoms with Gasteiger partial charge in [0, 0.05) is 32.3 Å². The highest BCUT2D eigenvalue weighted by atomic mass is 16.5. The third-order valence-electron chi connectivity index (χ3n) is 3.58. The second-order valence-electron chi connectivity index (χ2n) is 5.17. The maximum absolute atomic E-state index is 5.94. The zero-order valence-electron chi connectivity index (χ0n) is 11.0. The summed E-state index contributed by atoms with van der Waals surface area (Å²) in [7, 11) is 5.99. The van der Waals surface area contributed by atoms with Crippen molar-refractivity contribution in [2.24, 2.45) is 5.73 Å². The summed E-state index contributed by atoms with van der Waals surface area (Å²) < 4.78 is 5.47. The molecular formula is C12H27N3O. The Hall–Kier alpha value is -0.160. The smallest absolute Gasteiger partial charge is 0.0589 e. The molecule has 1 saturated carbocycles. The topological polar surface area (TPSA) is 50.5 Å². The van der Waals surface area contributed by atoms with Crippen LogP contribution in [0.1, 0.15) is 25.7 Å². The molecule has 1 fully saturated rings. The van der Waals surface area contributed by atoms with Gasteiger partial charge in [0.05, 0.1) is 6.10 Å². The van der Waals surface area contributed by atoms with Crippen LogP contribution in [0.25, 0.3) is 0 Å². The van der Waals surface area contributed by atoms with E-state index in [1.165, 1.54) is 19.3 Å². The zero-order chi connectivity index (χ0) is 12.0. The van der Waals surface area contributed by atoms with E-state index < -0.39 is 0 Å². The van der Waals surface area contributed by atoms with Gasteiger partial charge in [0.2, 0.25) is 0 Å². The van der Waals surface area contributed by atoms with Crippen molar-refractivity contribution in [1.29, 1.82) is 0 Å². The predicted molar refractivity (Wildman–Crippen MR) is 67.6 cm³/mol. The summed E-state index contributed by atoms with van der Waals surface area (Å²) in [4.78, 5) is 2.19. The van der Waals surface area contributed by atoms with Gasteiger partial charge in [-0.3, -0.25) is 0 Å². The van der Waals surface area contributed by atoms with Crippen LogP contribution in [0, 0.1) is 0 Å². The molecular weight excluding hydrogens is 202 g/mol. The third-order valence-corrected chi connectivity index (χ3v) is 3.58. The molecule has 0 spiro atoms. The van der Waals surface area contributed by atoms with E-state index in [1.54, 1.807) is 7.11 Å². The van der Waals surface area contributed by atoms with E-state index in [2.05, 4.69) is 24.3 Å². The van der Waals surface area contributed by atoms with Crippen LogP contribution in [0.4, 0.5) is 0 Å². The molecule has 2 unspecified atom stereocenters. The lowest BCUT2D eigenvalue weighted by molar-refractivity contribution is 0.0326. The maximum Gasteiger partial charge on any atom is 0.0589 e. The van der Waals surface area contributed by atoms with Crippen LogP contribution in [0.5, 0.6) is 0 Å². The van der Waals surface area contributed by atoms with Crippen molar-refractivity contribution < 1.29 is 4.74 Å². The minimum Gasteiger partial charge on any atom is -0.381 e. The van der Waals surface area contributed by atoms with E-state index in [-0.39, 0.29) is 5.54 Å². The van der Waals surface area contributed by atoms with Crippen LogP contribution in [-0.2, 0) is 4.74 Å². The van der Waals surface area contributed by atoms with E-state index in [0.717, 1.165) is 19.5 Å². The van der Waals surface area contributed by atoms with Crippen LogP contribution in [0.2, 0.25) is 0 Å². The fourth-order valence-corrected chi connectivity index (χ4v) is 2.47. The Labute approximate surface area is 99.5 Å². The number of likely N-dealkylation sites (N-methyl/N-ethyl adjacent to an activating group) is 1. The molecule has 4 heteroatoms. The highest BCUT2D eigenvalue weighted by Crippen LogP contribution is 2.29. The van der Waals surface area contributed by atoms with Gasteiger partial charge in [-0.25, -0.2) is 0 Å². The average molecular weight is 229 g/mol. The van der Waals surface area contributed by atoms with Crippen molar-refractivity contribution >= 4 is 0 Å². The first-order valence-electron chi connectivity index (χ1n) is 6.24. The Bertz CT molecular complexity index is 199. The van der Waals surface area contributed by atoms with E-state index in [4.69, 9.17) is 10.5 Å².